The molecule has 0 radical (unpaired) electrons. The molecule has 0 fully saturated rings. The van der Waals surface area contributed by atoms with Crippen LogP contribution in [0.3, 0.4) is 0 Å². The van der Waals surface area contributed by atoms with Crippen molar-refractivity contribution < 1.29 is 19.4 Å². The Morgan fingerprint density at radius 3 is 2.61 bits per heavy atom. The molecule has 0 bridgehead atoms. The van der Waals surface area contributed by atoms with E-state index < -0.39 is 0 Å². The Kier molecular flexibility index (Phi) is 5.46. The van der Waals surface area contributed by atoms with E-state index in [-0.39, 0.29) is 17.2 Å². The van der Waals surface area contributed by atoms with Gasteiger partial charge < -0.3 is 19.5 Å². The molecular formula is C18H21NO4. The van der Waals surface area contributed by atoms with Gasteiger partial charge in [-0.2, -0.15) is 0 Å². The molecule has 0 aliphatic rings. The van der Waals surface area contributed by atoms with Crippen LogP contribution in [0.1, 0.15) is 15.9 Å². The summed E-state index contributed by atoms with van der Waals surface area (Å²) in [7, 11) is 3.18. The molecule has 5 nitrogen and oxygen atoms in total. The molecule has 0 atom stereocenters. The van der Waals surface area contributed by atoms with E-state index in [0.29, 0.717) is 18.9 Å². The smallest absolute Gasteiger partial charge is 0.257 e. The minimum absolute atomic E-state index is 0.0965. The zero-order chi connectivity index (χ0) is 16.8. The number of amides is 1. The highest BCUT2D eigenvalue weighted by atomic mass is 16.5. The van der Waals surface area contributed by atoms with Gasteiger partial charge in [0.05, 0.1) is 19.2 Å². The maximum atomic E-state index is 12.3. The SMILES string of the molecule is COc1ccc(C(=O)N(C)CCOc2cccc(C)c2)c(O)c1. The molecule has 5 heteroatoms. The zero-order valence-corrected chi connectivity index (χ0v) is 13.6. The Bertz CT molecular complexity index is 684. The molecule has 0 saturated carbocycles. The summed E-state index contributed by atoms with van der Waals surface area (Å²) in [6.07, 6.45) is 0. The van der Waals surface area contributed by atoms with Gasteiger partial charge >= 0.3 is 0 Å². The number of aryl methyl sites for hydroxylation is 1. The van der Waals surface area contributed by atoms with Gasteiger partial charge in [0.15, 0.2) is 0 Å². The summed E-state index contributed by atoms with van der Waals surface area (Å²) in [6, 6.07) is 12.4. The van der Waals surface area contributed by atoms with Crippen LogP contribution >= 0.6 is 0 Å². The molecule has 122 valence electrons. The largest absolute Gasteiger partial charge is 0.507 e. The van der Waals surface area contributed by atoms with E-state index in [0.717, 1.165) is 11.3 Å². The van der Waals surface area contributed by atoms with Gasteiger partial charge in [0.25, 0.3) is 5.91 Å². The van der Waals surface area contributed by atoms with Gasteiger partial charge in [-0.15, -0.1) is 0 Å². The van der Waals surface area contributed by atoms with Gasteiger partial charge in [0.2, 0.25) is 0 Å². The Morgan fingerprint density at radius 1 is 1.17 bits per heavy atom. The van der Waals surface area contributed by atoms with Crippen LogP contribution in [0.4, 0.5) is 0 Å². The fourth-order valence-electron chi connectivity index (χ4n) is 2.13. The number of phenols is 1. The Labute approximate surface area is 136 Å². The van der Waals surface area contributed by atoms with Gasteiger partial charge in [0, 0.05) is 13.1 Å². The van der Waals surface area contributed by atoms with Gasteiger partial charge in [-0.3, -0.25) is 4.79 Å². The third kappa shape index (κ3) is 4.39. The first-order valence-corrected chi connectivity index (χ1v) is 7.33. The lowest BCUT2D eigenvalue weighted by molar-refractivity contribution is 0.0770. The first-order chi connectivity index (χ1) is 11.0. The van der Waals surface area contributed by atoms with E-state index in [9.17, 15) is 9.90 Å². The normalized spacial score (nSPS) is 10.2. The molecule has 1 N–H and O–H groups in total. The Balaban J connectivity index is 1.92. The van der Waals surface area contributed by atoms with Gasteiger partial charge in [-0.05, 0) is 36.8 Å². The summed E-state index contributed by atoms with van der Waals surface area (Å²) in [5, 5.41) is 9.92. The number of methoxy groups -OCH3 is 1. The summed E-state index contributed by atoms with van der Waals surface area (Å²) in [4.78, 5) is 13.8. The van der Waals surface area contributed by atoms with Gasteiger partial charge in [-0.1, -0.05) is 12.1 Å². The number of phenolic OH excluding ortho intramolecular Hbond substituents is 1. The molecule has 0 aliphatic carbocycles. The average Bonchev–Trinajstić information content (AvgIpc) is 2.54. The molecule has 23 heavy (non-hydrogen) atoms. The van der Waals surface area contributed by atoms with Crippen molar-refractivity contribution in [3.8, 4) is 17.2 Å². The molecule has 1 amide bonds. The summed E-state index contributed by atoms with van der Waals surface area (Å²) < 4.78 is 10.6. The number of ether oxygens (including phenoxy) is 2. The molecule has 0 spiro atoms. The van der Waals surface area contributed by atoms with E-state index in [2.05, 4.69) is 0 Å². The Hall–Kier alpha value is -2.69. The molecule has 0 saturated heterocycles. The number of nitrogens with zero attached hydrogens (tertiary/aromatic N) is 1. The zero-order valence-electron chi connectivity index (χ0n) is 13.6. The fraction of sp³-hybridized carbons (Fsp3) is 0.278. The average molecular weight is 315 g/mol. The molecule has 0 aromatic heterocycles. The second-order valence-electron chi connectivity index (χ2n) is 5.27. The van der Waals surface area contributed by atoms with Crippen molar-refractivity contribution in [2.75, 3.05) is 27.3 Å². The number of benzene rings is 2. The lowest BCUT2D eigenvalue weighted by atomic mass is 10.1. The lowest BCUT2D eigenvalue weighted by Crippen LogP contribution is -2.30. The molecule has 2 aromatic carbocycles. The number of likely N-dealkylation sites (N-methyl/N-ethyl adjacent to an activating group) is 1. The molecule has 0 unspecified atom stereocenters. The van der Waals surface area contributed by atoms with E-state index in [1.165, 1.54) is 18.1 Å². The van der Waals surface area contributed by atoms with E-state index >= 15 is 0 Å². The molecule has 0 aliphatic heterocycles. The van der Waals surface area contributed by atoms with Crippen molar-refractivity contribution in [3.05, 3.63) is 53.6 Å². The van der Waals surface area contributed by atoms with Crippen LogP contribution in [-0.4, -0.2) is 43.2 Å². The molecule has 0 heterocycles. The predicted octanol–water partition coefficient (Wildman–Crippen LogP) is 2.86. The van der Waals surface area contributed by atoms with Gasteiger partial charge in [-0.25, -0.2) is 0 Å². The number of aromatic hydroxyl groups is 1. The number of carbonyl (C=O) groups is 1. The summed E-state index contributed by atoms with van der Waals surface area (Å²) in [5.74, 6) is 0.918. The number of hydrogen-bond acceptors (Lipinski definition) is 4. The van der Waals surface area contributed by atoms with Crippen LogP contribution in [0.5, 0.6) is 17.2 Å². The van der Waals surface area contributed by atoms with E-state index in [1.807, 2.05) is 31.2 Å². The third-order valence-corrected chi connectivity index (χ3v) is 3.47. The predicted molar refractivity (Wildman–Crippen MR) is 88.3 cm³/mol. The highest BCUT2D eigenvalue weighted by Gasteiger charge is 2.16. The van der Waals surface area contributed by atoms with Crippen LogP contribution < -0.4 is 9.47 Å². The monoisotopic (exact) mass is 315 g/mol. The topological polar surface area (TPSA) is 59.0 Å². The number of carbonyl (C=O) groups excluding carboxylic acids is 1. The second-order valence-corrected chi connectivity index (χ2v) is 5.27. The number of rotatable bonds is 6. The molecular weight excluding hydrogens is 294 g/mol. The first kappa shape index (κ1) is 16.7. The van der Waals surface area contributed by atoms with E-state index in [1.54, 1.807) is 19.2 Å². The Morgan fingerprint density at radius 2 is 1.96 bits per heavy atom. The second kappa shape index (κ2) is 7.54. The van der Waals surface area contributed by atoms with Crippen LogP contribution in [0.15, 0.2) is 42.5 Å². The van der Waals surface area contributed by atoms with Crippen molar-refractivity contribution >= 4 is 5.91 Å². The summed E-state index contributed by atoms with van der Waals surface area (Å²) in [6.45, 7) is 2.79. The highest BCUT2D eigenvalue weighted by Crippen LogP contribution is 2.24. The van der Waals surface area contributed by atoms with Crippen molar-refractivity contribution in [1.82, 2.24) is 4.90 Å². The maximum Gasteiger partial charge on any atom is 0.257 e. The van der Waals surface area contributed by atoms with Gasteiger partial charge in [0.1, 0.15) is 23.9 Å². The minimum Gasteiger partial charge on any atom is -0.507 e. The van der Waals surface area contributed by atoms with Crippen molar-refractivity contribution in [1.29, 1.82) is 0 Å². The number of hydrogen-bond donors (Lipinski definition) is 1. The highest BCUT2D eigenvalue weighted by molar-refractivity contribution is 5.96. The third-order valence-electron chi connectivity index (χ3n) is 3.47. The lowest BCUT2D eigenvalue weighted by Gasteiger charge is -2.18. The van der Waals surface area contributed by atoms with Crippen LogP contribution in [0, 0.1) is 6.92 Å². The summed E-state index contributed by atoms with van der Waals surface area (Å²) in [5.41, 5.74) is 1.36. The fourth-order valence-corrected chi connectivity index (χ4v) is 2.13. The van der Waals surface area contributed by atoms with Crippen LogP contribution in [0.25, 0.3) is 0 Å². The quantitative estimate of drug-likeness (QED) is 0.890. The van der Waals surface area contributed by atoms with Crippen molar-refractivity contribution in [2.45, 2.75) is 6.92 Å². The van der Waals surface area contributed by atoms with Crippen molar-refractivity contribution in [2.24, 2.45) is 0 Å². The molecule has 2 rings (SSSR count). The summed E-state index contributed by atoms with van der Waals surface area (Å²) >= 11 is 0. The van der Waals surface area contributed by atoms with Crippen LogP contribution in [0.2, 0.25) is 0 Å². The first-order valence-electron chi connectivity index (χ1n) is 7.33. The standard InChI is InChI=1S/C18H21NO4/c1-13-5-4-6-15(11-13)23-10-9-19(2)18(21)16-8-7-14(22-3)12-17(16)20/h4-8,11-12,20H,9-10H2,1-3H3. The van der Waals surface area contributed by atoms with Crippen LogP contribution in [-0.2, 0) is 0 Å². The van der Waals surface area contributed by atoms with Crippen molar-refractivity contribution in [3.63, 3.8) is 0 Å². The minimum atomic E-state index is -0.266. The van der Waals surface area contributed by atoms with E-state index in [4.69, 9.17) is 9.47 Å². The molecule has 2 aromatic rings. The maximum absolute atomic E-state index is 12.3.